The Morgan fingerprint density at radius 1 is 1.26 bits per heavy atom. The third-order valence-electron chi connectivity index (χ3n) is 4.66. The maximum absolute atomic E-state index is 13.0. The van der Waals surface area contributed by atoms with Crippen LogP contribution >= 0.6 is 0 Å². The minimum Gasteiger partial charge on any atom is -0.493 e. The largest absolute Gasteiger partial charge is 0.493 e. The van der Waals surface area contributed by atoms with Gasteiger partial charge in [-0.05, 0) is 38.3 Å². The van der Waals surface area contributed by atoms with Crippen LogP contribution in [0.4, 0.5) is 13.2 Å². The van der Waals surface area contributed by atoms with Gasteiger partial charge in [-0.25, -0.2) is 0 Å². The molecule has 1 aromatic carbocycles. The zero-order valence-corrected chi connectivity index (χ0v) is 16.0. The van der Waals surface area contributed by atoms with Crippen LogP contribution in [-0.4, -0.2) is 45.0 Å². The molecular formula is C19H28F3N3O2. The number of para-hydroxylation sites is 2. The highest BCUT2D eigenvalue weighted by atomic mass is 19.4. The third kappa shape index (κ3) is 6.52. The van der Waals surface area contributed by atoms with Gasteiger partial charge in [0.1, 0.15) is 6.10 Å². The molecule has 1 aliphatic rings. The molecule has 0 aliphatic heterocycles. The Balaban J connectivity index is 1.83. The van der Waals surface area contributed by atoms with Crippen molar-refractivity contribution in [2.24, 2.45) is 10.9 Å². The van der Waals surface area contributed by atoms with Crippen LogP contribution < -0.4 is 20.1 Å². The van der Waals surface area contributed by atoms with Crippen molar-refractivity contribution in [1.82, 2.24) is 10.6 Å². The summed E-state index contributed by atoms with van der Waals surface area (Å²) in [4.78, 5) is 4.12. The summed E-state index contributed by atoms with van der Waals surface area (Å²) in [6, 6.07) is 7.12. The number of nitrogens with zero attached hydrogens (tertiary/aromatic N) is 1. The third-order valence-corrected chi connectivity index (χ3v) is 4.66. The van der Waals surface area contributed by atoms with E-state index in [4.69, 9.17) is 9.47 Å². The highest BCUT2D eigenvalue weighted by Gasteiger charge is 2.42. The number of hydrogen-bond acceptors (Lipinski definition) is 3. The van der Waals surface area contributed by atoms with Crippen LogP contribution in [0.2, 0.25) is 0 Å². The summed E-state index contributed by atoms with van der Waals surface area (Å²) < 4.78 is 50.0. The monoisotopic (exact) mass is 387 g/mol. The Bertz CT molecular complexity index is 622. The maximum Gasteiger partial charge on any atom is 0.391 e. The zero-order chi connectivity index (χ0) is 19.9. The fraction of sp³-hybridized carbons (Fsp3) is 0.632. The van der Waals surface area contributed by atoms with E-state index in [2.05, 4.69) is 15.6 Å². The fourth-order valence-corrected chi connectivity index (χ4v) is 3.22. The second kappa shape index (κ2) is 9.71. The Morgan fingerprint density at radius 3 is 2.59 bits per heavy atom. The highest BCUT2D eigenvalue weighted by Crippen LogP contribution is 2.37. The molecule has 3 unspecified atom stereocenters. The summed E-state index contributed by atoms with van der Waals surface area (Å²) in [5.41, 5.74) is 0. The van der Waals surface area contributed by atoms with Crippen molar-refractivity contribution in [3.8, 4) is 11.5 Å². The number of halogens is 3. The summed E-state index contributed by atoms with van der Waals surface area (Å²) in [5, 5.41) is 6.23. The number of ether oxygens (including phenoxy) is 2. The van der Waals surface area contributed by atoms with Crippen molar-refractivity contribution in [2.75, 3.05) is 20.7 Å². The minimum absolute atomic E-state index is 0.0808. The predicted molar refractivity (Wildman–Crippen MR) is 99.4 cm³/mol. The fourth-order valence-electron chi connectivity index (χ4n) is 3.22. The number of guanidine groups is 1. The number of aliphatic imine (C=N–C) groups is 1. The van der Waals surface area contributed by atoms with E-state index in [0.717, 1.165) is 0 Å². The van der Waals surface area contributed by atoms with E-state index in [0.29, 0.717) is 36.8 Å². The van der Waals surface area contributed by atoms with Crippen LogP contribution in [-0.2, 0) is 0 Å². The van der Waals surface area contributed by atoms with E-state index in [9.17, 15) is 13.2 Å². The first-order valence-corrected chi connectivity index (χ1v) is 9.17. The molecule has 2 N–H and O–H groups in total. The Labute approximate surface area is 158 Å². The Hall–Kier alpha value is -2.12. The zero-order valence-electron chi connectivity index (χ0n) is 16.0. The average molecular weight is 387 g/mol. The number of alkyl halides is 3. The summed E-state index contributed by atoms with van der Waals surface area (Å²) >= 11 is 0. The summed E-state index contributed by atoms with van der Waals surface area (Å²) in [5.74, 6) is 0.526. The number of methoxy groups -OCH3 is 1. The van der Waals surface area contributed by atoms with Crippen molar-refractivity contribution in [3.63, 3.8) is 0 Å². The van der Waals surface area contributed by atoms with Crippen molar-refractivity contribution >= 4 is 5.96 Å². The maximum atomic E-state index is 13.0. The van der Waals surface area contributed by atoms with Gasteiger partial charge in [0.2, 0.25) is 0 Å². The summed E-state index contributed by atoms with van der Waals surface area (Å²) in [6.45, 7) is 2.35. The molecule has 0 spiro atoms. The Morgan fingerprint density at radius 2 is 1.96 bits per heavy atom. The van der Waals surface area contributed by atoms with Gasteiger partial charge in [0.25, 0.3) is 0 Å². The molecule has 0 heterocycles. The van der Waals surface area contributed by atoms with E-state index in [1.165, 1.54) is 0 Å². The molecule has 2 rings (SSSR count). The molecule has 0 bridgehead atoms. The van der Waals surface area contributed by atoms with Crippen LogP contribution in [0, 0.1) is 5.92 Å². The first-order chi connectivity index (χ1) is 12.8. The van der Waals surface area contributed by atoms with E-state index in [1.807, 2.05) is 31.2 Å². The summed E-state index contributed by atoms with van der Waals surface area (Å²) in [6.07, 6.45) is -2.76. The molecule has 1 aromatic rings. The molecule has 8 heteroatoms. The molecule has 1 saturated carbocycles. The quantitative estimate of drug-likeness (QED) is 0.577. The molecule has 27 heavy (non-hydrogen) atoms. The molecule has 152 valence electrons. The number of rotatable bonds is 6. The van der Waals surface area contributed by atoms with Gasteiger partial charge in [0, 0.05) is 13.1 Å². The number of nitrogens with one attached hydrogen (secondary N) is 2. The molecule has 5 nitrogen and oxygen atoms in total. The van der Waals surface area contributed by atoms with E-state index in [1.54, 1.807) is 14.2 Å². The van der Waals surface area contributed by atoms with Gasteiger partial charge in [0.05, 0.1) is 19.6 Å². The molecule has 1 fully saturated rings. The second-order valence-corrected chi connectivity index (χ2v) is 6.78. The minimum atomic E-state index is -4.13. The number of hydrogen-bond donors (Lipinski definition) is 2. The van der Waals surface area contributed by atoms with Crippen molar-refractivity contribution < 1.29 is 22.6 Å². The van der Waals surface area contributed by atoms with Gasteiger partial charge >= 0.3 is 6.18 Å². The summed E-state index contributed by atoms with van der Waals surface area (Å²) in [7, 11) is 3.18. The normalized spacial score (nSPS) is 22.1. The second-order valence-electron chi connectivity index (χ2n) is 6.78. The lowest BCUT2D eigenvalue weighted by atomic mass is 9.85. The molecule has 0 saturated heterocycles. The SMILES string of the molecule is CN=C(NCC(C)Oc1ccccc1OC)NC1CCCC(C(F)(F)F)C1. The van der Waals surface area contributed by atoms with Crippen LogP contribution in [0.5, 0.6) is 11.5 Å². The first kappa shape index (κ1) is 21.2. The predicted octanol–water partition coefficient (Wildman–Crippen LogP) is 3.75. The molecular weight excluding hydrogens is 359 g/mol. The van der Waals surface area contributed by atoms with Crippen molar-refractivity contribution in [2.45, 2.75) is 50.9 Å². The molecule has 3 atom stereocenters. The Kier molecular flexibility index (Phi) is 7.62. The van der Waals surface area contributed by atoms with Crippen LogP contribution in [0.15, 0.2) is 29.3 Å². The molecule has 1 aliphatic carbocycles. The molecule has 0 aromatic heterocycles. The smallest absolute Gasteiger partial charge is 0.391 e. The lowest BCUT2D eigenvalue weighted by Crippen LogP contribution is -2.48. The van der Waals surface area contributed by atoms with Crippen molar-refractivity contribution in [3.05, 3.63) is 24.3 Å². The van der Waals surface area contributed by atoms with Crippen LogP contribution in [0.25, 0.3) is 0 Å². The lowest BCUT2D eigenvalue weighted by molar-refractivity contribution is -0.183. The van der Waals surface area contributed by atoms with E-state index in [-0.39, 0.29) is 25.0 Å². The van der Waals surface area contributed by atoms with E-state index < -0.39 is 12.1 Å². The van der Waals surface area contributed by atoms with Gasteiger partial charge in [-0.15, -0.1) is 0 Å². The highest BCUT2D eigenvalue weighted by molar-refractivity contribution is 5.80. The van der Waals surface area contributed by atoms with Gasteiger partial charge in [-0.1, -0.05) is 18.6 Å². The lowest BCUT2D eigenvalue weighted by Gasteiger charge is -2.32. The van der Waals surface area contributed by atoms with Gasteiger partial charge in [-0.3, -0.25) is 4.99 Å². The average Bonchev–Trinajstić information content (AvgIpc) is 2.65. The van der Waals surface area contributed by atoms with Gasteiger partial charge in [0.15, 0.2) is 17.5 Å². The van der Waals surface area contributed by atoms with Crippen LogP contribution in [0.1, 0.15) is 32.6 Å². The van der Waals surface area contributed by atoms with Gasteiger partial charge in [-0.2, -0.15) is 13.2 Å². The molecule has 0 amide bonds. The standard InChI is InChI=1S/C19H28F3N3O2/c1-13(27-17-10-5-4-9-16(17)26-3)12-24-18(23-2)25-15-8-6-7-14(11-15)19(20,21)22/h4-5,9-10,13-15H,6-8,11-12H2,1-3H3,(H2,23,24,25). The topological polar surface area (TPSA) is 54.9 Å². The molecule has 0 radical (unpaired) electrons. The first-order valence-electron chi connectivity index (χ1n) is 9.17. The van der Waals surface area contributed by atoms with Gasteiger partial charge < -0.3 is 20.1 Å². The number of benzene rings is 1. The van der Waals surface area contributed by atoms with E-state index >= 15 is 0 Å². The van der Waals surface area contributed by atoms with Crippen LogP contribution in [0.3, 0.4) is 0 Å². The van der Waals surface area contributed by atoms with Crippen molar-refractivity contribution in [1.29, 1.82) is 0 Å².